The highest BCUT2D eigenvalue weighted by atomic mass is 79.9. The minimum absolute atomic E-state index is 0.283. The molecule has 0 bridgehead atoms. The van der Waals surface area contributed by atoms with E-state index in [1.54, 1.807) is 0 Å². The Kier molecular flexibility index (Phi) is 3.99. The molecule has 0 aliphatic carbocycles. The molecule has 2 unspecified atom stereocenters. The number of nitrogens with two attached hydrogens (primary N) is 1. The van der Waals surface area contributed by atoms with Gasteiger partial charge < -0.3 is 10.8 Å². The van der Waals surface area contributed by atoms with Gasteiger partial charge in [0.05, 0.1) is 0 Å². The van der Waals surface area contributed by atoms with Crippen LogP contribution in [0.2, 0.25) is 0 Å². The number of benzene rings is 1. The molecule has 0 amide bonds. The Morgan fingerprint density at radius 2 is 2.17 bits per heavy atom. The van der Waals surface area contributed by atoms with Crippen molar-refractivity contribution < 1.29 is 5.11 Å². The Hall–Kier alpha value is -0.580. The van der Waals surface area contributed by atoms with Crippen molar-refractivity contribution in [2.75, 3.05) is 20.1 Å². The maximum atomic E-state index is 10.4. The van der Waals surface area contributed by atoms with Gasteiger partial charge in [0.25, 0.3) is 0 Å². The van der Waals surface area contributed by atoms with Gasteiger partial charge in [0.1, 0.15) is 5.75 Å². The standard InChI is InChI=1S/C14H21BrN2O/c1-8-4-11(15)9(2)14(18)13(8)12-5-10(6-16)7-17(12)3/h4,10,12,18H,5-7,16H2,1-3H3. The number of rotatable bonds is 2. The number of aromatic hydroxyl groups is 1. The molecule has 0 aromatic heterocycles. The van der Waals surface area contributed by atoms with Gasteiger partial charge in [-0.15, -0.1) is 0 Å². The van der Waals surface area contributed by atoms with E-state index >= 15 is 0 Å². The lowest BCUT2D eigenvalue weighted by molar-refractivity contribution is 0.304. The van der Waals surface area contributed by atoms with Crippen LogP contribution in [0.4, 0.5) is 0 Å². The van der Waals surface area contributed by atoms with E-state index in [1.165, 1.54) is 0 Å². The zero-order valence-electron chi connectivity index (χ0n) is 11.2. The summed E-state index contributed by atoms with van der Waals surface area (Å²) >= 11 is 3.49. The quantitative estimate of drug-likeness (QED) is 0.883. The SMILES string of the molecule is Cc1cc(Br)c(C)c(O)c1C1CC(CN)CN1C. The second-order valence-electron chi connectivity index (χ2n) is 5.36. The van der Waals surface area contributed by atoms with Crippen LogP contribution in [-0.2, 0) is 0 Å². The third-order valence-electron chi connectivity index (χ3n) is 4.04. The third-order valence-corrected chi connectivity index (χ3v) is 4.86. The Bertz CT molecular complexity index is 462. The van der Waals surface area contributed by atoms with Gasteiger partial charge in [-0.2, -0.15) is 0 Å². The molecule has 3 N–H and O–H groups in total. The van der Waals surface area contributed by atoms with E-state index in [0.29, 0.717) is 11.7 Å². The van der Waals surface area contributed by atoms with E-state index in [2.05, 4.69) is 40.9 Å². The van der Waals surface area contributed by atoms with Crippen molar-refractivity contribution in [3.63, 3.8) is 0 Å². The smallest absolute Gasteiger partial charge is 0.124 e. The van der Waals surface area contributed by atoms with Crippen molar-refractivity contribution in [1.82, 2.24) is 4.90 Å². The average molecular weight is 313 g/mol. The molecule has 0 radical (unpaired) electrons. The molecular formula is C14H21BrN2O. The summed E-state index contributed by atoms with van der Waals surface area (Å²) in [6.07, 6.45) is 1.03. The number of nitrogens with zero attached hydrogens (tertiary/aromatic N) is 1. The van der Waals surface area contributed by atoms with Gasteiger partial charge in [0, 0.05) is 28.2 Å². The van der Waals surface area contributed by atoms with Crippen molar-refractivity contribution in [1.29, 1.82) is 0 Å². The van der Waals surface area contributed by atoms with Crippen LogP contribution in [0.3, 0.4) is 0 Å². The number of hydrogen-bond acceptors (Lipinski definition) is 3. The lowest BCUT2D eigenvalue weighted by Gasteiger charge is -2.24. The van der Waals surface area contributed by atoms with Crippen molar-refractivity contribution >= 4 is 15.9 Å². The monoisotopic (exact) mass is 312 g/mol. The minimum atomic E-state index is 0.283. The lowest BCUT2D eigenvalue weighted by Crippen LogP contribution is -2.21. The molecule has 0 saturated carbocycles. The predicted octanol–water partition coefficient (Wildman–Crippen LogP) is 2.72. The van der Waals surface area contributed by atoms with Gasteiger partial charge >= 0.3 is 0 Å². The third kappa shape index (κ3) is 2.29. The molecule has 1 heterocycles. The summed E-state index contributed by atoms with van der Waals surface area (Å²) < 4.78 is 0.970. The van der Waals surface area contributed by atoms with E-state index in [1.807, 2.05) is 6.92 Å². The van der Waals surface area contributed by atoms with Crippen LogP contribution in [0.1, 0.15) is 29.2 Å². The number of phenols is 1. The second-order valence-corrected chi connectivity index (χ2v) is 6.21. The van der Waals surface area contributed by atoms with Gasteiger partial charge in [-0.3, -0.25) is 4.90 Å². The number of hydrogen-bond donors (Lipinski definition) is 2. The maximum Gasteiger partial charge on any atom is 0.124 e. The normalized spacial score (nSPS) is 24.7. The molecule has 18 heavy (non-hydrogen) atoms. The lowest BCUT2D eigenvalue weighted by atomic mass is 9.93. The molecule has 100 valence electrons. The molecular weight excluding hydrogens is 292 g/mol. The van der Waals surface area contributed by atoms with Crippen LogP contribution in [0.25, 0.3) is 0 Å². The summed E-state index contributed by atoms with van der Waals surface area (Å²) in [6.45, 7) is 5.73. The first kappa shape index (κ1) is 13.8. The van der Waals surface area contributed by atoms with Crippen LogP contribution >= 0.6 is 15.9 Å². The first-order valence-electron chi connectivity index (χ1n) is 6.34. The Balaban J connectivity index is 2.43. The van der Waals surface area contributed by atoms with Crippen molar-refractivity contribution in [3.05, 3.63) is 27.2 Å². The summed E-state index contributed by atoms with van der Waals surface area (Å²) in [7, 11) is 2.11. The molecule has 1 aromatic carbocycles. The molecule has 1 aromatic rings. The van der Waals surface area contributed by atoms with Crippen molar-refractivity contribution in [2.24, 2.45) is 11.7 Å². The van der Waals surface area contributed by atoms with Crippen molar-refractivity contribution in [3.8, 4) is 5.75 Å². The fraction of sp³-hybridized carbons (Fsp3) is 0.571. The van der Waals surface area contributed by atoms with E-state index in [0.717, 1.165) is 40.7 Å². The van der Waals surface area contributed by atoms with Crippen LogP contribution in [0, 0.1) is 19.8 Å². The first-order valence-corrected chi connectivity index (χ1v) is 7.13. The van der Waals surface area contributed by atoms with E-state index < -0.39 is 0 Å². The predicted molar refractivity (Wildman–Crippen MR) is 77.8 cm³/mol. The van der Waals surface area contributed by atoms with Crippen molar-refractivity contribution in [2.45, 2.75) is 26.3 Å². The molecule has 2 rings (SSSR count). The number of halogens is 1. The maximum absolute atomic E-state index is 10.4. The fourth-order valence-corrected chi connectivity index (χ4v) is 3.44. The summed E-state index contributed by atoms with van der Waals surface area (Å²) in [5, 5.41) is 10.4. The molecule has 3 nitrogen and oxygen atoms in total. The molecule has 4 heteroatoms. The fourth-order valence-electron chi connectivity index (χ4n) is 2.91. The van der Waals surface area contributed by atoms with Gasteiger partial charge in [0.15, 0.2) is 0 Å². The van der Waals surface area contributed by atoms with E-state index in [9.17, 15) is 5.11 Å². The van der Waals surface area contributed by atoms with Crippen LogP contribution in [0.15, 0.2) is 10.5 Å². The molecule has 2 atom stereocenters. The highest BCUT2D eigenvalue weighted by Gasteiger charge is 2.32. The zero-order valence-corrected chi connectivity index (χ0v) is 12.8. The van der Waals surface area contributed by atoms with Crippen LogP contribution in [-0.4, -0.2) is 30.1 Å². The topological polar surface area (TPSA) is 49.5 Å². The summed E-state index contributed by atoms with van der Waals surface area (Å²) in [4.78, 5) is 2.30. The van der Waals surface area contributed by atoms with E-state index in [4.69, 9.17) is 5.73 Å². The molecule has 1 fully saturated rings. The Labute approximate surface area is 117 Å². The highest BCUT2D eigenvalue weighted by Crippen LogP contribution is 2.42. The highest BCUT2D eigenvalue weighted by molar-refractivity contribution is 9.10. The molecule has 1 aliphatic rings. The largest absolute Gasteiger partial charge is 0.507 e. The number of phenolic OH excluding ortho intramolecular Hbond substituents is 1. The van der Waals surface area contributed by atoms with Gasteiger partial charge in [0.2, 0.25) is 0 Å². The van der Waals surface area contributed by atoms with Gasteiger partial charge in [-0.25, -0.2) is 0 Å². The molecule has 1 aliphatic heterocycles. The Morgan fingerprint density at radius 1 is 1.50 bits per heavy atom. The number of aryl methyl sites for hydroxylation is 1. The summed E-state index contributed by atoms with van der Waals surface area (Å²) in [6, 6.07) is 2.37. The molecule has 1 saturated heterocycles. The second kappa shape index (κ2) is 5.19. The first-order chi connectivity index (χ1) is 8.45. The average Bonchev–Trinajstić information content (AvgIpc) is 2.68. The summed E-state index contributed by atoms with van der Waals surface area (Å²) in [5.41, 5.74) is 8.89. The number of likely N-dealkylation sites (tertiary alicyclic amines) is 1. The Morgan fingerprint density at radius 3 is 2.72 bits per heavy atom. The molecule has 0 spiro atoms. The minimum Gasteiger partial charge on any atom is -0.507 e. The van der Waals surface area contributed by atoms with Gasteiger partial charge in [-0.1, -0.05) is 15.9 Å². The zero-order chi connectivity index (χ0) is 13.4. The summed E-state index contributed by atoms with van der Waals surface area (Å²) in [5.74, 6) is 0.958. The van der Waals surface area contributed by atoms with E-state index in [-0.39, 0.29) is 6.04 Å². The van der Waals surface area contributed by atoms with Crippen LogP contribution in [0.5, 0.6) is 5.75 Å². The van der Waals surface area contributed by atoms with Crippen LogP contribution < -0.4 is 5.73 Å². The van der Waals surface area contributed by atoms with Gasteiger partial charge in [-0.05, 0) is 51.4 Å².